The van der Waals surface area contributed by atoms with Gasteiger partial charge >= 0.3 is 5.97 Å². The number of piperazine rings is 1. The van der Waals surface area contributed by atoms with Gasteiger partial charge in [0.2, 0.25) is 5.91 Å². The van der Waals surface area contributed by atoms with Crippen molar-refractivity contribution < 1.29 is 19.1 Å². The minimum absolute atomic E-state index is 0.153. The summed E-state index contributed by atoms with van der Waals surface area (Å²) < 4.78 is 13.2. The molecule has 0 aromatic heterocycles. The van der Waals surface area contributed by atoms with E-state index in [4.69, 9.17) is 5.11 Å². The standard InChI is InChI=1S/C13H15FN2O3/c1-8-7-15-11(6-12(17)18)13(19)16(8)10-4-2-3-9(14)5-10/h2-5,8,11,15H,6-7H2,1H3,(H,17,18). The van der Waals surface area contributed by atoms with Gasteiger partial charge in [0, 0.05) is 18.3 Å². The topological polar surface area (TPSA) is 69.6 Å². The third kappa shape index (κ3) is 2.90. The van der Waals surface area contributed by atoms with Gasteiger partial charge in [-0.3, -0.25) is 9.59 Å². The van der Waals surface area contributed by atoms with Gasteiger partial charge in [0.1, 0.15) is 5.82 Å². The number of nitrogens with zero attached hydrogens (tertiary/aromatic N) is 1. The Labute approximate surface area is 110 Å². The van der Waals surface area contributed by atoms with Gasteiger partial charge in [0.05, 0.1) is 12.5 Å². The van der Waals surface area contributed by atoms with Gasteiger partial charge in [-0.15, -0.1) is 0 Å². The second kappa shape index (κ2) is 5.36. The summed E-state index contributed by atoms with van der Waals surface area (Å²) >= 11 is 0. The first kappa shape index (κ1) is 13.5. The molecule has 1 saturated heterocycles. The SMILES string of the molecule is CC1CNC(CC(=O)O)C(=O)N1c1cccc(F)c1. The van der Waals surface area contributed by atoms with Crippen molar-refractivity contribution in [3.05, 3.63) is 30.1 Å². The Hall–Kier alpha value is -1.95. The van der Waals surface area contributed by atoms with Crippen LogP contribution in [-0.4, -0.2) is 35.6 Å². The minimum atomic E-state index is -1.04. The van der Waals surface area contributed by atoms with Gasteiger partial charge in [-0.05, 0) is 25.1 Å². The summed E-state index contributed by atoms with van der Waals surface area (Å²) in [7, 11) is 0. The number of carbonyl (C=O) groups is 2. The highest BCUT2D eigenvalue weighted by Crippen LogP contribution is 2.22. The van der Waals surface area contributed by atoms with E-state index in [-0.39, 0.29) is 18.4 Å². The van der Waals surface area contributed by atoms with Crippen molar-refractivity contribution in [2.45, 2.75) is 25.4 Å². The normalized spacial score (nSPS) is 23.5. The third-order valence-electron chi connectivity index (χ3n) is 3.10. The van der Waals surface area contributed by atoms with Gasteiger partial charge in [-0.2, -0.15) is 0 Å². The first-order chi connectivity index (χ1) is 8.99. The van der Waals surface area contributed by atoms with Gasteiger partial charge in [0.15, 0.2) is 0 Å². The zero-order valence-electron chi connectivity index (χ0n) is 10.5. The Morgan fingerprint density at radius 2 is 2.32 bits per heavy atom. The van der Waals surface area contributed by atoms with E-state index in [9.17, 15) is 14.0 Å². The van der Waals surface area contributed by atoms with Crippen LogP contribution in [0.5, 0.6) is 0 Å². The fraction of sp³-hybridized carbons (Fsp3) is 0.385. The number of hydrogen-bond acceptors (Lipinski definition) is 3. The summed E-state index contributed by atoms with van der Waals surface area (Å²) in [5.41, 5.74) is 0.453. The molecule has 1 aromatic carbocycles. The number of aliphatic carboxylic acids is 1. The molecule has 102 valence electrons. The number of carbonyl (C=O) groups excluding carboxylic acids is 1. The molecule has 0 bridgehead atoms. The molecule has 1 aliphatic rings. The Morgan fingerprint density at radius 1 is 1.58 bits per heavy atom. The molecule has 0 saturated carbocycles. The molecule has 1 heterocycles. The molecule has 0 spiro atoms. The number of nitrogens with one attached hydrogen (secondary N) is 1. The molecule has 1 fully saturated rings. The van der Waals surface area contributed by atoms with Crippen molar-refractivity contribution in [1.82, 2.24) is 5.32 Å². The van der Waals surface area contributed by atoms with Gasteiger partial charge in [-0.25, -0.2) is 4.39 Å². The lowest BCUT2D eigenvalue weighted by molar-refractivity contribution is -0.140. The predicted molar refractivity (Wildman–Crippen MR) is 67.4 cm³/mol. The van der Waals surface area contributed by atoms with Crippen LogP contribution in [0.1, 0.15) is 13.3 Å². The quantitative estimate of drug-likeness (QED) is 0.856. The van der Waals surface area contributed by atoms with Crippen LogP contribution < -0.4 is 10.2 Å². The second-order valence-corrected chi connectivity index (χ2v) is 4.60. The fourth-order valence-corrected chi connectivity index (χ4v) is 2.22. The summed E-state index contributed by atoms with van der Waals surface area (Å²) in [6.45, 7) is 2.30. The smallest absolute Gasteiger partial charge is 0.305 e. The minimum Gasteiger partial charge on any atom is -0.481 e. The van der Waals surface area contributed by atoms with E-state index in [1.807, 2.05) is 6.92 Å². The van der Waals surface area contributed by atoms with E-state index in [0.717, 1.165) is 0 Å². The van der Waals surface area contributed by atoms with E-state index in [1.54, 1.807) is 6.07 Å². The summed E-state index contributed by atoms with van der Waals surface area (Å²) in [5.74, 6) is -1.81. The molecule has 19 heavy (non-hydrogen) atoms. The highest BCUT2D eigenvalue weighted by atomic mass is 19.1. The van der Waals surface area contributed by atoms with Gasteiger partial charge in [-0.1, -0.05) is 6.07 Å². The van der Waals surface area contributed by atoms with Crippen molar-refractivity contribution in [2.75, 3.05) is 11.4 Å². The van der Waals surface area contributed by atoms with Crippen LogP contribution in [-0.2, 0) is 9.59 Å². The molecule has 6 heteroatoms. The van der Waals surface area contributed by atoms with Crippen LogP contribution in [0, 0.1) is 5.82 Å². The van der Waals surface area contributed by atoms with E-state index in [2.05, 4.69) is 5.32 Å². The molecular formula is C13H15FN2O3. The zero-order chi connectivity index (χ0) is 14.0. The highest BCUT2D eigenvalue weighted by Gasteiger charge is 2.34. The van der Waals surface area contributed by atoms with E-state index >= 15 is 0 Å². The fourth-order valence-electron chi connectivity index (χ4n) is 2.22. The Balaban J connectivity index is 2.26. The van der Waals surface area contributed by atoms with Crippen LogP contribution in [0.3, 0.4) is 0 Å². The molecule has 1 aliphatic heterocycles. The van der Waals surface area contributed by atoms with Crippen LogP contribution in [0.15, 0.2) is 24.3 Å². The molecule has 2 N–H and O–H groups in total. The highest BCUT2D eigenvalue weighted by molar-refractivity contribution is 6.00. The first-order valence-electron chi connectivity index (χ1n) is 6.03. The average molecular weight is 266 g/mol. The van der Waals surface area contributed by atoms with Crippen molar-refractivity contribution in [3.63, 3.8) is 0 Å². The molecule has 0 radical (unpaired) electrons. The first-order valence-corrected chi connectivity index (χ1v) is 6.03. The summed E-state index contributed by atoms with van der Waals surface area (Å²) in [6, 6.07) is 4.82. The van der Waals surface area contributed by atoms with Gasteiger partial charge < -0.3 is 15.3 Å². The molecule has 2 rings (SSSR count). The molecule has 0 aliphatic carbocycles. The molecule has 2 atom stereocenters. The third-order valence-corrected chi connectivity index (χ3v) is 3.10. The van der Waals surface area contributed by atoms with Gasteiger partial charge in [0.25, 0.3) is 0 Å². The average Bonchev–Trinajstić information content (AvgIpc) is 2.33. The maximum absolute atomic E-state index is 13.2. The van der Waals surface area contributed by atoms with Crippen molar-refractivity contribution in [2.24, 2.45) is 0 Å². The second-order valence-electron chi connectivity index (χ2n) is 4.60. The molecular weight excluding hydrogens is 251 g/mol. The zero-order valence-corrected chi connectivity index (χ0v) is 10.5. The van der Waals surface area contributed by atoms with E-state index < -0.39 is 17.8 Å². The predicted octanol–water partition coefficient (Wildman–Crippen LogP) is 0.994. The lowest BCUT2D eigenvalue weighted by Crippen LogP contribution is -2.60. The number of amides is 1. The number of carboxylic acid groups (broad SMARTS) is 1. The summed E-state index contributed by atoms with van der Waals surface area (Å²) in [4.78, 5) is 24.4. The van der Waals surface area contributed by atoms with Crippen LogP contribution in [0.4, 0.5) is 10.1 Å². The Bertz CT molecular complexity index is 506. The number of anilines is 1. The van der Waals surface area contributed by atoms with Crippen LogP contribution in [0.2, 0.25) is 0 Å². The molecule has 5 nitrogen and oxygen atoms in total. The molecule has 2 unspecified atom stereocenters. The Morgan fingerprint density at radius 3 is 2.95 bits per heavy atom. The van der Waals surface area contributed by atoms with Crippen LogP contribution in [0.25, 0.3) is 0 Å². The largest absolute Gasteiger partial charge is 0.481 e. The number of hydrogen-bond donors (Lipinski definition) is 2. The number of rotatable bonds is 3. The molecule has 1 aromatic rings. The van der Waals surface area contributed by atoms with Crippen molar-refractivity contribution in [3.8, 4) is 0 Å². The van der Waals surface area contributed by atoms with Crippen LogP contribution >= 0.6 is 0 Å². The van der Waals surface area contributed by atoms with E-state index in [0.29, 0.717) is 12.2 Å². The van der Waals surface area contributed by atoms with Crippen molar-refractivity contribution >= 4 is 17.6 Å². The summed E-state index contributed by atoms with van der Waals surface area (Å²) in [6.07, 6.45) is -0.280. The van der Waals surface area contributed by atoms with Crippen molar-refractivity contribution in [1.29, 1.82) is 0 Å². The summed E-state index contributed by atoms with van der Waals surface area (Å²) in [5, 5.41) is 11.7. The maximum Gasteiger partial charge on any atom is 0.305 e. The maximum atomic E-state index is 13.2. The Kier molecular flexibility index (Phi) is 3.80. The number of benzene rings is 1. The molecule has 1 amide bonds. The monoisotopic (exact) mass is 266 g/mol. The number of halogens is 1. The number of carboxylic acids is 1. The van der Waals surface area contributed by atoms with E-state index in [1.165, 1.54) is 23.1 Å². The lowest BCUT2D eigenvalue weighted by Gasteiger charge is -2.37. The lowest BCUT2D eigenvalue weighted by atomic mass is 10.1.